The fourth-order valence-electron chi connectivity index (χ4n) is 2.08. The molecule has 2 nitrogen and oxygen atoms in total. The van der Waals surface area contributed by atoms with Gasteiger partial charge in [0.1, 0.15) is 0 Å². The van der Waals surface area contributed by atoms with E-state index in [0.717, 1.165) is 25.7 Å². The van der Waals surface area contributed by atoms with Crippen molar-refractivity contribution in [3.63, 3.8) is 0 Å². The first kappa shape index (κ1) is 8.96. The van der Waals surface area contributed by atoms with Gasteiger partial charge in [0.05, 0.1) is 5.41 Å². The number of benzene rings is 1. The molecule has 15 heavy (non-hydrogen) atoms. The molecule has 1 amide bonds. The van der Waals surface area contributed by atoms with Crippen molar-refractivity contribution in [2.24, 2.45) is 0 Å². The Morgan fingerprint density at radius 1 is 1.20 bits per heavy atom. The average molecular weight is 201 g/mol. The van der Waals surface area contributed by atoms with Crippen LogP contribution in [0.15, 0.2) is 30.3 Å². The second-order valence-electron chi connectivity index (χ2n) is 4.70. The van der Waals surface area contributed by atoms with Crippen LogP contribution < -0.4 is 5.32 Å². The van der Waals surface area contributed by atoms with E-state index in [0.29, 0.717) is 6.04 Å². The van der Waals surface area contributed by atoms with Crippen LogP contribution in [0, 0.1) is 0 Å². The zero-order chi connectivity index (χ0) is 10.3. The summed E-state index contributed by atoms with van der Waals surface area (Å²) in [6.07, 6.45) is 4.35. The van der Waals surface area contributed by atoms with E-state index in [9.17, 15) is 4.79 Å². The molecule has 0 atom stereocenters. The molecule has 3 rings (SSSR count). The maximum absolute atomic E-state index is 12.1. The van der Waals surface area contributed by atoms with Gasteiger partial charge in [-0.15, -0.1) is 0 Å². The minimum Gasteiger partial charge on any atom is -0.353 e. The van der Waals surface area contributed by atoms with Crippen LogP contribution >= 0.6 is 0 Å². The predicted molar refractivity (Wildman–Crippen MR) is 58.5 cm³/mol. The Hall–Kier alpha value is -1.31. The Morgan fingerprint density at radius 3 is 2.40 bits per heavy atom. The topological polar surface area (TPSA) is 29.1 Å². The van der Waals surface area contributed by atoms with E-state index in [1.807, 2.05) is 18.2 Å². The molecular formula is C13H15NO. The minimum absolute atomic E-state index is 0.177. The lowest BCUT2D eigenvalue weighted by atomic mass is 9.95. The molecule has 0 bridgehead atoms. The van der Waals surface area contributed by atoms with Crippen LogP contribution in [0.5, 0.6) is 0 Å². The van der Waals surface area contributed by atoms with Crippen LogP contribution in [0.25, 0.3) is 0 Å². The lowest BCUT2D eigenvalue weighted by Gasteiger charge is -2.15. The van der Waals surface area contributed by atoms with Crippen molar-refractivity contribution in [2.75, 3.05) is 0 Å². The molecule has 0 unspecified atom stereocenters. The average Bonchev–Trinajstić information content (AvgIpc) is 3.14. The van der Waals surface area contributed by atoms with E-state index >= 15 is 0 Å². The second kappa shape index (κ2) is 3.09. The Bertz CT molecular complexity index is 377. The van der Waals surface area contributed by atoms with E-state index in [2.05, 4.69) is 17.4 Å². The molecular weight excluding hydrogens is 186 g/mol. The summed E-state index contributed by atoms with van der Waals surface area (Å²) in [5.74, 6) is 0.246. The summed E-state index contributed by atoms with van der Waals surface area (Å²) in [7, 11) is 0. The zero-order valence-electron chi connectivity index (χ0n) is 8.70. The predicted octanol–water partition coefficient (Wildman–Crippen LogP) is 2.00. The van der Waals surface area contributed by atoms with E-state index in [1.165, 1.54) is 5.56 Å². The number of carbonyl (C=O) groups is 1. The fraction of sp³-hybridized carbons (Fsp3) is 0.462. The SMILES string of the molecule is O=C(NC1CC1)C1(c2ccccc2)CC1. The van der Waals surface area contributed by atoms with Crippen molar-refractivity contribution >= 4 is 5.91 Å². The van der Waals surface area contributed by atoms with E-state index in [-0.39, 0.29) is 11.3 Å². The minimum atomic E-state index is -0.177. The second-order valence-corrected chi connectivity index (χ2v) is 4.70. The normalized spacial score (nSPS) is 22.1. The number of amides is 1. The molecule has 0 heterocycles. The van der Waals surface area contributed by atoms with Gasteiger partial charge in [-0.05, 0) is 31.2 Å². The summed E-state index contributed by atoms with van der Waals surface area (Å²) in [5, 5.41) is 3.12. The third-order valence-electron chi connectivity index (χ3n) is 3.42. The zero-order valence-corrected chi connectivity index (χ0v) is 8.70. The van der Waals surface area contributed by atoms with Crippen molar-refractivity contribution in [1.82, 2.24) is 5.32 Å². The highest BCUT2D eigenvalue weighted by Crippen LogP contribution is 2.48. The highest BCUT2D eigenvalue weighted by atomic mass is 16.2. The lowest BCUT2D eigenvalue weighted by molar-refractivity contribution is -0.123. The first-order valence-electron chi connectivity index (χ1n) is 5.68. The van der Waals surface area contributed by atoms with Gasteiger partial charge >= 0.3 is 0 Å². The molecule has 1 N–H and O–H groups in total. The van der Waals surface area contributed by atoms with Crippen molar-refractivity contribution in [2.45, 2.75) is 37.1 Å². The van der Waals surface area contributed by atoms with Gasteiger partial charge in [0.25, 0.3) is 0 Å². The quantitative estimate of drug-likeness (QED) is 0.796. The molecule has 0 radical (unpaired) electrons. The molecule has 2 fully saturated rings. The van der Waals surface area contributed by atoms with Crippen LogP contribution in [0.4, 0.5) is 0 Å². The molecule has 2 aliphatic rings. The first-order chi connectivity index (χ1) is 7.31. The molecule has 1 aromatic rings. The van der Waals surface area contributed by atoms with Crippen LogP contribution in [0.3, 0.4) is 0 Å². The van der Waals surface area contributed by atoms with E-state index < -0.39 is 0 Å². The van der Waals surface area contributed by atoms with E-state index in [1.54, 1.807) is 0 Å². The lowest BCUT2D eigenvalue weighted by Crippen LogP contribution is -2.36. The standard InChI is InChI=1S/C13H15NO/c15-12(14-11-6-7-11)13(8-9-13)10-4-2-1-3-5-10/h1-5,11H,6-9H2,(H,14,15). The van der Waals surface area contributed by atoms with E-state index in [4.69, 9.17) is 0 Å². The van der Waals surface area contributed by atoms with Crippen molar-refractivity contribution in [1.29, 1.82) is 0 Å². The summed E-state index contributed by atoms with van der Waals surface area (Å²) >= 11 is 0. The molecule has 78 valence electrons. The van der Waals surface area contributed by atoms with Gasteiger partial charge in [-0.1, -0.05) is 30.3 Å². The molecule has 0 aromatic heterocycles. The number of hydrogen-bond acceptors (Lipinski definition) is 1. The summed E-state index contributed by atoms with van der Waals surface area (Å²) in [6.45, 7) is 0. The smallest absolute Gasteiger partial charge is 0.230 e. The highest BCUT2D eigenvalue weighted by Gasteiger charge is 2.51. The molecule has 2 saturated carbocycles. The summed E-state index contributed by atoms with van der Waals surface area (Å²) in [6, 6.07) is 10.6. The van der Waals surface area contributed by atoms with Gasteiger partial charge in [0.15, 0.2) is 0 Å². The molecule has 0 saturated heterocycles. The van der Waals surface area contributed by atoms with Gasteiger partial charge in [-0.2, -0.15) is 0 Å². The Kier molecular flexibility index (Phi) is 1.84. The van der Waals surface area contributed by atoms with Gasteiger partial charge in [0, 0.05) is 6.04 Å². The summed E-state index contributed by atoms with van der Waals surface area (Å²) in [5.41, 5.74) is 1.01. The first-order valence-corrected chi connectivity index (χ1v) is 5.68. The maximum Gasteiger partial charge on any atom is 0.230 e. The molecule has 2 aliphatic carbocycles. The third-order valence-corrected chi connectivity index (χ3v) is 3.42. The fourth-order valence-corrected chi connectivity index (χ4v) is 2.08. The Balaban J connectivity index is 1.81. The molecule has 1 aromatic carbocycles. The van der Waals surface area contributed by atoms with Crippen molar-refractivity contribution < 1.29 is 4.79 Å². The number of hydrogen-bond donors (Lipinski definition) is 1. The number of rotatable bonds is 3. The third kappa shape index (κ3) is 1.54. The van der Waals surface area contributed by atoms with Crippen LogP contribution in [-0.4, -0.2) is 11.9 Å². The Labute approximate surface area is 89.7 Å². The Morgan fingerprint density at radius 2 is 1.87 bits per heavy atom. The highest BCUT2D eigenvalue weighted by molar-refractivity contribution is 5.91. The van der Waals surface area contributed by atoms with Crippen molar-refractivity contribution in [3.8, 4) is 0 Å². The molecule has 0 aliphatic heterocycles. The number of carbonyl (C=O) groups excluding carboxylic acids is 1. The number of nitrogens with one attached hydrogen (secondary N) is 1. The molecule has 0 spiro atoms. The van der Waals surface area contributed by atoms with Gasteiger partial charge in [-0.25, -0.2) is 0 Å². The summed E-state index contributed by atoms with van der Waals surface area (Å²) < 4.78 is 0. The monoisotopic (exact) mass is 201 g/mol. The van der Waals surface area contributed by atoms with Crippen LogP contribution in [0.1, 0.15) is 31.2 Å². The van der Waals surface area contributed by atoms with Gasteiger partial charge in [0.2, 0.25) is 5.91 Å². The maximum atomic E-state index is 12.1. The largest absolute Gasteiger partial charge is 0.353 e. The van der Waals surface area contributed by atoms with Crippen LogP contribution in [-0.2, 0) is 10.2 Å². The summed E-state index contributed by atoms with van der Waals surface area (Å²) in [4.78, 5) is 12.1. The van der Waals surface area contributed by atoms with Crippen LogP contribution in [0.2, 0.25) is 0 Å². The van der Waals surface area contributed by atoms with Gasteiger partial charge in [-0.3, -0.25) is 4.79 Å². The molecule has 2 heteroatoms. The van der Waals surface area contributed by atoms with Crippen molar-refractivity contribution in [3.05, 3.63) is 35.9 Å². The van der Waals surface area contributed by atoms with Gasteiger partial charge < -0.3 is 5.32 Å².